The van der Waals surface area contributed by atoms with E-state index in [9.17, 15) is 4.79 Å². The molecule has 0 radical (unpaired) electrons. The van der Waals surface area contributed by atoms with Crippen molar-refractivity contribution < 1.29 is 4.79 Å². The van der Waals surface area contributed by atoms with Crippen LogP contribution in [0.2, 0.25) is 0 Å². The van der Waals surface area contributed by atoms with E-state index in [2.05, 4.69) is 46.0 Å². The number of hydrogen-bond donors (Lipinski definition) is 2. The van der Waals surface area contributed by atoms with E-state index in [0.717, 1.165) is 12.8 Å². The fourth-order valence-electron chi connectivity index (χ4n) is 3.25. The minimum absolute atomic E-state index is 0.121. The first-order chi connectivity index (χ1) is 12.2. The standard InChI is InChI=1S/C20H26N4O/c1-15-7-6-8-16(13-15)14-21-19-12-11-18(23-24-19)20(25)22-17-9-4-2-3-5-10-17/h6-8,11-13,17H,2-5,9-10,14H2,1H3,(H,21,24)(H,22,25). The lowest BCUT2D eigenvalue weighted by molar-refractivity contribution is 0.0927. The third-order valence-electron chi connectivity index (χ3n) is 4.64. The SMILES string of the molecule is Cc1cccc(CNc2ccc(C(=O)NC3CCCCCC3)nn2)c1. The molecule has 3 rings (SSSR count). The van der Waals surface area contributed by atoms with Crippen LogP contribution in [0.15, 0.2) is 36.4 Å². The predicted octanol–water partition coefficient (Wildman–Crippen LogP) is 3.85. The zero-order valence-electron chi connectivity index (χ0n) is 14.8. The number of benzene rings is 1. The van der Waals surface area contributed by atoms with Gasteiger partial charge in [-0.05, 0) is 37.5 Å². The number of aryl methyl sites for hydroxylation is 1. The summed E-state index contributed by atoms with van der Waals surface area (Å²) < 4.78 is 0. The summed E-state index contributed by atoms with van der Waals surface area (Å²) in [4.78, 5) is 12.3. The lowest BCUT2D eigenvalue weighted by Gasteiger charge is -2.15. The molecule has 0 atom stereocenters. The number of nitrogens with one attached hydrogen (secondary N) is 2. The summed E-state index contributed by atoms with van der Waals surface area (Å²) >= 11 is 0. The predicted molar refractivity (Wildman–Crippen MR) is 99.5 cm³/mol. The van der Waals surface area contributed by atoms with E-state index in [1.54, 1.807) is 6.07 Å². The number of aromatic nitrogens is 2. The van der Waals surface area contributed by atoms with Crippen LogP contribution in [0.3, 0.4) is 0 Å². The molecule has 1 heterocycles. The maximum absolute atomic E-state index is 12.3. The quantitative estimate of drug-likeness (QED) is 0.813. The Balaban J connectivity index is 1.53. The van der Waals surface area contributed by atoms with Crippen LogP contribution in [0.25, 0.3) is 0 Å². The summed E-state index contributed by atoms with van der Waals surface area (Å²) in [5, 5.41) is 14.5. The van der Waals surface area contributed by atoms with Gasteiger partial charge in [0.15, 0.2) is 5.69 Å². The van der Waals surface area contributed by atoms with E-state index in [0.29, 0.717) is 18.1 Å². The fraction of sp³-hybridized carbons (Fsp3) is 0.450. The van der Waals surface area contributed by atoms with Crippen LogP contribution in [-0.2, 0) is 6.54 Å². The van der Waals surface area contributed by atoms with Crippen LogP contribution in [0, 0.1) is 6.92 Å². The van der Waals surface area contributed by atoms with Gasteiger partial charge in [-0.15, -0.1) is 10.2 Å². The van der Waals surface area contributed by atoms with Crippen molar-refractivity contribution in [1.29, 1.82) is 0 Å². The van der Waals surface area contributed by atoms with Gasteiger partial charge in [-0.25, -0.2) is 0 Å². The molecule has 2 aromatic rings. The van der Waals surface area contributed by atoms with Gasteiger partial charge in [0, 0.05) is 12.6 Å². The van der Waals surface area contributed by atoms with Crippen molar-refractivity contribution in [2.75, 3.05) is 5.32 Å². The number of nitrogens with zero attached hydrogens (tertiary/aromatic N) is 2. The van der Waals surface area contributed by atoms with Crippen LogP contribution >= 0.6 is 0 Å². The largest absolute Gasteiger partial charge is 0.365 e. The molecule has 132 valence electrons. The van der Waals surface area contributed by atoms with Gasteiger partial charge in [-0.2, -0.15) is 0 Å². The molecule has 1 amide bonds. The van der Waals surface area contributed by atoms with Crippen molar-refractivity contribution in [3.8, 4) is 0 Å². The Morgan fingerprint density at radius 1 is 1.08 bits per heavy atom. The zero-order valence-corrected chi connectivity index (χ0v) is 14.8. The first-order valence-corrected chi connectivity index (χ1v) is 9.15. The van der Waals surface area contributed by atoms with Crippen molar-refractivity contribution in [1.82, 2.24) is 15.5 Å². The van der Waals surface area contributed by atoms with Crippen LogP contribution in [0.4, 0.5) is 5.82 Å². The summed E-state index contributed by atoms with van der Waals surface area (Å²) in [6, 6.07) is 12.1. The number of rotatable bonds is 5. The maximum Gasteiger partial charge on any atom is 0.272 e. The van der Waals surface area contributed by atoms with E-state index in [1.807, 2.05) is 12.1 Å². The molecule has 2 N–H and O–H groups in total. The van der Waals surface area contributed by atoms with Gasteiger partial charge in [0.2, 0.25) is 0 Å². The fourth-order valence-corrected chi connectivity index (χ4v) is 3.25. The average Bonchev–Trinajstić information content (AvgIpc) is 2.89. The summed E-state index contributed by atoms with van der Waals surface area (Å²) in [6.07, 6.45) is 7.06. The zero-order chi connectivity index (χ0) is 17.5. The normalized spacial score (nSPS) is 15.4. The number of hydrogen-bond acceptors (Lipinski definition) is 4. The summed E-state index contributed by atoms with van der Waals surface area (Å²) in [5.74, 6) is 0.553. The molecule has 1 aromatic carbocycles. The van der Waals surface area contributed by atoms with Gasteiger partial charge in [-0.3, -0.25) is 4.79 Å². The van der Waals surface area contributed by atoms with Crippen LogP contribution in [0.1, 0.15) is 60.1 Å². The molecule has 0 bridgehead atoms. The Morgan fingerprint density at radius 3 is 2.56 bits per heavy atom. The van der Waals surface area contributed by atoms with Crippen molar-refractivity contribution in [2.45, 2.75) is 58.0 Å². The number of carbonyl (C=O) groups is 1. The average molecular weight is 338 g/mol. The number of anilines is 1. The van der Waals surface area contributed by atoms with Gasteiger partial charge in [-0.1, -0.05) is 55.5 Å². The molecule has 1 aliphatic rings. The molecule has 5 heteroatoms. The highest BCUT2D eigenvalue weighted by Crippen LogP contribution is 2.17. The van der Waals surface area contributed by atoms with Gasteiger partial charge < -0.3 is 10.6 Å². The first-order valence-electron chi connectivity index (χ1n) is 9.15. The summed E-state index contributed by atoms with van der Waals surface area (Å²) in [7, 11) is 0. The molecular weight excluding hydrogens is 312 g/mol. The highest BCUT2D eigenvalue weighted by molar-refractivity contribution is 5.92. The second-order valence-corrected chi connectivity index (χ2v) is 6.81. The molecule has 1 aromatic heterocycles. The molecule has 25 heavy (non-hydrogen) atoms. The molecule has 0 saturated heterocycles. The minimum atomic E-state index is -0.121. The number of amides is 1. The highest BCUT2D eigenvalue weighted by Gasteiger charge is 2.16. The Morgan fingerprint density at radius 2 is 1.88 bits per heavy atom. The van der Waals surface area contributed by atoms with E-state index in [4.69, 9.17) is 0 Å². The van der Waals surface area contributed by atoms with Crippen LogP contribution in [0.5, 0.6) is 0 Å². The Labute approximate surface area is 149 Å². The second kappa shape index (κ2) is 8.60. The van der Waals surface area contributed by atoms with Gasteiger partial charge in [0.05, 0.1) is 0 Å². The molecular formula is C20H26N4O. The molecule has 0 spiro atoms. The minimum Gasteiger partial charge on any atom is -0.365 e. The van der Waals surface area contributed by atoms with Gasteiger partial charge in [0.1, 0.15) is 5.82 Å². The third kappa shape index (κ3) is 5.28. The van der Waals surface area contributed by atoms with E-state index < -0.39 is 0 Å². The summed E-state index contributed by atoms with van der Waals surface area (Å²) in [5.41, 5.74) is 2.80. The lowest BCUT2D eigenvalue weighted by atomic mass is 10.1. The van der Waals surface area contributed by atoms with Crippen molar-refractivity contribution in [2.24, 2.45) is 0 Å². The smallest absolute Gasteiger partial charge is 0.272 e. The molecule has 1 fully saturated rings. The third-order valence-corrected chi connectivity index (χ3v) is 4.64. The highest BCUT2D eigenvalue weighted by atomic mass is 16.2. The van der Waals surface area contributed by atoms with E-state index >= 15 is 0 Å². The molecule has 0 unspecified atom stereocenters. The monoisotopic (exact) mass is 338 g/mol. The first kappa shape index (κ1) is 17.4. The van der Waals surface area contributed by atoms with E-state index in [-0.39, 0.29) is 11.9 Å². The Kier molecular flexibility index (Phi) is 5.99. The van der Waals surface area contributed by atoms with E-state index in [1.165, 1.54) is 36.8 Å². The van der Waals surface area contributed by atoms with Crippen LogP contribution < -0.4 is 10.6 Å². The van der Waals surface area contributed by atoms with Gasteiger partial charge in [0.25, 0.3) is 5.91 Å². The molecule has 5 nitrogen and oxygen atoms in total. The molecule has 1 saturated carbocycles. The Hall–Kier alpha value is -2.43. The van der Waals surface area contributed by atoms with Gasteiger partial charge >= 0.3 is 0 Å². The van der Waals surface area contributed by atoms with Crippen molar-refractivity contribution in [3.05, 3.63) is 53.2 Å². The molecule has 0 aliphatic heterocycles. The maximum atomic E-state index is 12.3. The lowest BCUT2D eigenvalue weighted by Crippen LogP contribution is -2.35. The number of carbonyl (C=O) groups excluding carboxylic acids is 1. The van der Waals surface area contributed by atoms with Crippen molar-refractivity contribution >= 4 is 11.7 Å². The summed E-state index contributed by atoms with van der Waals surface area (Å²) in [6.45, 7) is 2.76. The van der Waals surface area contributed by atoms with Crippen LogP contribution in [-0.4, -0.2) is 22.1 Å². The second-order valence-electron chi connectivity index (χ2n) is 6.81. The topological polar surface area (TPSA) is 66.9 Å². The van der Waals surface area contributed by atoms with Crippen molar-refractivity contribution in [3.63, 3.8) is 0 Å². The Bertz CT molecular complexity index is 691. The molecule has 1 aliphatic carbocycles.